The van der Waals surface area contributed by atoms with E-state index >= 15 is 0 Å². The van der Waals surface area contributed by atoms with E-state index in [1.54, 1.807) is 30.3 Å². The van der Waals surface area contributed by atoms with E-state index in [1.807, 2.05) is 91.0 Å². The van der Waals surface area contributed by atoms with Crippen molar-refractivity contribution in [3.63, 3.8) is 0 Å². The summed E-state index contributed by atoms with van der Waals surface area (Å²) in [5.74, 6) is -1.90. The zero-order chi connectivity index (χ0) is 27.0. The number of hydrogen-bond donors (Lipinski definition) is 0. The fourth-order valence-electron chi connectivity index (χ4n) is 4.46. The minimum atomic E-state index is -4.05. The topological polar surface area (TPSA) is 69.7 Å². The molecule has 4 aromatic rings. The van der Waals surface area contributed by atoms with Gasteiger partial charge in [-0.05, 0) is 0 Å². The molecular formula is C32H27AsO5. The van der Waals surface area contributed by atoms with E-state index in [9.17, 15) is 14.4 Å². The molecule has 0 aliphatic carbocycles. The summed E-state index contributed by atoms with van der Waals surface area (Å²) in [6, 6.07) is 37.5. The summed E-state index contributed by atoms with van der Waals surface area (Å²) in [5, 5.41) is 0. The van der Waals surface area contributed by atoms with Crippen LogP contribution in [0.15, 0.2) is 133 Å². The van der Waals surface area contributed by atoms with Crippen molar-refractivity contribution in [1.82, 2.24) is 0 Å². The molecule has 0 saturated heterocycles. The van der Waals surface area contributed by atoms with E-state index in [1.165, 1.54) is 20.3 Å². The van der Waals surface area contributed by atoms with Crippen LogP contribution in [0.1, 0.15) is 10.4 Å². The summed E-state index contributed by atoms with van der Waals surface area (Å²) in [4.78, 5) is 40.7. The van der Waals surface area contributed by atoms with Gasteiger partial charge in [0.1, 0.15) is 0 Å². The molecule has 0 saturated carbocycles. The van der Waals surface area contributed by atoms with Crippen molar-refractivity contribution in [2.24, 2.45) is 0 Å². The molecule has 0 unspecified atom stereocenters. The third-order valence-corrected chi connectivity index (χ3v) is 15.2. The van der Waals surface area contributed by atoms with Crippen LogP contribution >= 0.6 is 0 Å². The van der Waals surface area contributed by atoms with Gasteiger partial charge in [0.2, 0.25) is 0 Å². The number of hydrogen-bond acceptors (Lipinski definition) is 5. The number of rotatable bonds is 8. The molecule has 0 heterocycles. The molecule has 4 rings (SSSR count). The van der Waals surface area contributed by atoms with Gasteiger partial charge in [0.25, 0.3) is 0 Å². The molecule has 6 heteroatoms. The van der Waals surface area contributed by atoms with Crippen LogP contribution in [0.5, 0.6) is 0 Å². The molecular weight excluding hydrogens is 539 g/mol. The predicted octanol–water partition coefficient (Wildman–Crippen LogP) is 3.07. The van der Waals surface area contributed by atoms with E-state index in [0.29, 0.717) is 5.56 Å². The molecule has 0 radical (unpaired) electrons. The fraction of sp³-hybridized carbons (Fsp3) is 0.0625. The van der Waals surface area contributed by atoms with Crippen LogP contribution in [0.25, 0.3) is 0 Å². The monoisotopic (exact) mass is 566 g/mol. The molecule has 0 aromatic heterocycles. The van der Waals surface area contributed by atoms with Gasteiger partial charge in [0.05, 0.1) is 0 Å². The Balaban J connectivity index is 2.27. The second kappa shape index (κ2) is 12.3. The average Bonchev–Trinajstić information content (AvgIpc) is 3.00. The molecule has 38 heavy (non-hydrogen) atoms. The first-order valence-corrected chi connectivity index (χ1v) is 15.7. The van der Waals surface area contributed by atoms with E-state index in [-0.39, 0.29) is 9.88 Å². The zero-order valence-corrected chi connectivity index (χ0v) is 23.0. The van der Waals surface area contributed by atoms with Gasteiger partial charge < -0.3 is 0 Å². The molecule has 190 valence electrons. The van der Waals surface area contributed by atoms with Crippen LogP contribution in [-0.4, -0.2) is 49.4 Å². The van der Waals surface area contributed by atoms with Gasteiger partial charge >= 0.3 is 225 Å². The van der Waals surface area contributed by atoms with Crippen molar-refractivity contribution in [2.45, 2.75) is 0 Å². The van der Waals surface area contributed by atoms with E-state index in [2.05, 4.69) is 0 Å². The second-order valence-electron chi connectivity index (χ2n) is 8.30. The first-order valence-electron chi connectivity index (χ1n) is 12.0. The molecule has 0 spiro atoms. The summed E-state index contributed by atoms with van der Waals surface area (Å²) >= 11 is -4.05. The number of benzene rings is 4. The second-order valence-corrected chi connectivity index (χ2v) is 15.3. The number of ether oxygens (including phenoxy) is 2. The van der Waals surface area contributed by atoms with Crippen molar-refractivity contribution >= 4 is 48.2 Å². The first kappa shape index (κ1) is 26.7. The SMILES string of the molecule is COC(=O)C(/C(=C/C(=O)c1ccccc1)C(=O)OC)=[As](c1ccccc1)(c1ccccc1)c1ccccc1. The third-order valence-electron chi connectivity index (χ3n) is 6.14. The van der Waals surface area contributed by atoms with E-state index in [4.69, 9.17) is 9.47 Å². The predicted molar refractivity (Wildman–Crippen MR) is 152 cm³/mol. The average molecular weight is 566 g/mol. The molecule has 0 aliphatic rings. The van der Waals surface area contributed by atoms with Gasteiger partial charge in [0.15, 0.2) is 0 Å². The summed E-state index contributed by atoms with van der Waals surface area (Å²) < 4.78 is 13.3. The van der Waals surface area contributed by atoms with Crippen molar-refractivity contribution in [3.05, 3.63) is 139 Å². The normalized spacial score (nSPS) is 11.4. The summed E-state index contributed by atoms with van der Waals surface area (Å²) in [6.45, 7) is 0. The molecule has 4 aromatic carbocycles. The molecule has 0 atom stereocenters. The molecule has 5 nitrogen and oxygen atoms in total. The molecule has 0 aliphatic heterocycles. The molecule has 0 amide bonds. The quantitative estimate of drug-likeness (QED) is 0.142. The Labute approximate surface area is 224 Å². The van der Waals surface area contributed by atoms with E-state index < -0.39 is 30.8 Å². The molecule has 0 fully saturated rings. The Morgan fingerprint density at radius 2 is 0.921 bits per heavy atom. The number of ketones is 1. The Kier molecular flexibility index (Phi) is 8.62. The zero-order valence-electron chi connectivity index (χ0n) is 21.1. The molecule has 0 bridgehead atoms. The van der Waals surface area contributed by atoms with Crippen LogP contribution in [0.4, 0.5) is 0 Å². The van der Waals surface area contributed by atoms with Crippen molar-refractivity contribution in [2.75, 3.05) is 14.2 Å². The number of carbonyl (C=O) groups is 3. The van der Waals surface area contributed by atoms with Crippen molar-refractivity contribution in [1.29, 1.82) is 0 Å². The van der Waals surface area contributed by atoms with Crippen LogP contribution in [0, 0.1) is 0 Å². The van der Waals surface area contributed by atoms with Crippen LogP contribution in [-0.2, 0) is 19.1 Å². The third kappa shape index (κ3) is 5.20. The van der Waals surface area contributed by atoms with Crippen LogP contribution < -0.4 is 13.1 Å². The number of esters is 2. The number of allylic oxidation sites excluding steroid dienone is 1. The Bertz CT molecular complexity index is 1410. The summed E-state index contributed by atoms with van der Waals surface area (Å²) in [5.41, 5.74) is 0.269. The van der Waals surface area contributed by atoms with E-state index in [0.717, 1.165) is 13.1 Å². The Morgan fingerprint density at radius 3 is 1.29 bits per heavy atom. The Morgan fingerprint density at radius 1 is 0.553 bits per heavy atom. The van der Waals surface area contributed by atoms with Gasteiger partial charge in [-0.2, -0.15) is 0 Å². The summed E-state index contributed by atoms with van der Waals surface area (Å²) in [7, 11) is 2.51. The van der Waals surface area contributed by atoms with Gasteiger partial charge in [-0.15, -0.1) is 0 Å². The van der Waals surface area contributed by atoms with Gasteiger partial charge in [-0.1, -0.05) is 0 Å². The standard InChI is InChI=1S/C32H27AsO5/c1-37-31(35)28(23-29(34)24-15-7-3-8-16-24)30(32(36)38-2)33(25-17-9-4-10-18-25,26-19-11-5-12-20-26)27-21-13-6-14-22-27/h3-23H,1-2H3/b28-23-. The minimum absolute atomic E-state index is 0.114. The van der Waals surface area contributed by atoms with Crippen LogP contribution in [0.2, 0.25) is 0 Å². The fourth-order valence-corrected chi connectivity index (χ4v) is 13.7. The van der Waals surface area contributed by atoms with Gasteiger partial charge in [0, 0.05) is 0 Å². The van der Waals surface area contributed by atoms with Crippen LogP contribution in [0.3, 0.4) is 0 Å². The first-order chi connectivity index (χ1) is 18.5. The summed E-state index contributed by atoms with van der Waals surface area (Å²) in [6.07, 6.45) is 1.21. The number of methoxy groups -OCH3 is 2. The number of carbonyl (C=O) groups excluding carboxylic acids is 3. The van der Waals surface area contributed by atoms with Gasteiger partial charge in [-0.3, -0.25) is 0 Å². The van der Waals surface area contributed by atoms with Gasteiger partial charge in [-0.25, -0.2) is 0 Å². The molecule has 0 N–H and O–H groups in total. The van der Waals surface area contributed by atoms with Crippen molar-refractivity contribution in [3.8, 4) is 0 Å². The Hall–Kier alpha value is -4.34. The maximum absolute atomic E-state index is 13.9. The van der Waals surface area contributed by atoms with Crippen molar-refractivity contribution < 1.29 is 23.9 Å². The maximum atomic E-state index is 13.9.